The van der Waals surface area contributed by atoms with Crippen molar-refractivity contribution in [2.45, 2.75) is 19.9 Å². The Labute approximate surface area is 195 Å². The lowest BCUT2D eigenvalue weighted by molar-refractivity contribution is 0.0769. The van der Waals surface area contributed by atoms with Crippen molar-refractivity contribution in [2.24, 2.45) is 5.73 Å². The summed E-state index contributed by atoms with van der Waals surface area (Å²) in [5, 5.41) is 5.03. The highest BCUT2D eigenvalue weighted by molar-refractivity contribution is 6.35. The third kappa shape index (κ3) is 4.34. The van der Waals surface area contributed by atoms with E-state index in [4.69, 9.17) is 28.9 Å². The van der Waals surface area contributed by atoms with E-state index in [1.165, 1.54) is 6.33 Å². The Kier molecular flexibility index (Phi) is 6.45. The Morgan fingerprint density at radius 3 is 2.78 bits per heavy atom. The molecule has 0 saturated carbocycles. The molecular formula is C22H23Cl2N7O. The fourth-order valence-electron chi connectivity index (χ4n) is 3.56. The van der Waals surface area contributed by atoms with E-state index < -0.39 is 0 Å². The van der Waals surface area contributed by atoms with Crippen LogP contribution in [-0.4, -0.2) is 50.4 Å². The van der Waals surface area contributed by atoms with Gasteiger partial charge in [-0.1, -0.05) is 23.2 Å². The molecule has 0 fully saturated rings. The molecular weight excluding hydrogens is 449 g/mol. The molecule has 0 radical (unpaired) electrons. The number of nitrogens with zero attached hydrogens (tertiary/aromatic N) is 4. The monoisotopic (exact) mass is 471 g/mol. The number of rotatable bonds is 7. The first kappa shape index (κ1) is 22.3. The average molecular weight is 472 g/mol. The van der Waals surface area contributed by atoms with Crippen molar-refractivity contribution in [3.8, 4) is 0 Å². The molecule has 166 valence electrons. The Balaban J connectivity index is 1.65. The van der Waals surface area contributed by atoms with Crippen molar-refractivity contribution in [2.75, 3.05) is 25.0 Å². The number of nitrogens with two attached hydrogens (primary N) is 1. The van der Waals surface area contributed by atoms with Crippen LogP contribution in [0.15, 0.2) is 36.7 Å². The summed E-state index contributed by atoms with van der Waals surface area (Å²) in [6, 6.07) is 8.75. The minimum atomic E-state index is -0.181. The van der Waals surface area contributed by atoms with Crippen molar-refractivity contribution in [3.63, 3.8) is 0 Å². The smallest absolute Gasteiger partial charge is 0.255 e. The summed E-state index contributed by atoms with van der Waals surface area (Å²) in [6.07, 6.45) is 1.45. The van der Waals surface area contributed by atoms with E-state index in [0.29, 0.717) is 52.0 Å². The van der Waals surface area contributed by atoms with E-state index in [9.17, 15) is 4.79 Å². The predicted molar refractivity (Wildman–Crippen MR) is 128 cm³/mol. The van der Waals surface area contributed by atoms with Gasteiger partial charge in [0.25, 0.3) is 5.91 Å². The van der Waals surface area contributed by atoms with Gasteiger partial charge in [-0.3, -0.25) is 4.79 Å². The van der Waals surface area contributed by atoms with Gasteiger partial charge in [-0.2, -0.15) is 0 Å². The summed E-state index contributed by atoms with van der Waals surface area (Å²) < 4.78 is 0. The first-order chi connectivity index (χ1) is 15.4. The lowest BCUT2D eigenvalue weighted by Crippen LogP contribution is -2.35. The topological polar surface area (TPSA) is 113 Å². The van der Waals surface area contributed by atoms with Crippen LogP contribution in [0.3, 0.4) is 0 Å². The van der Waals surface area contributed by atoms with Gasteiger partial charge in [-0.15, -0.1) is 0 Å². The van der Waals surface area contributed by atoms with Gasteiger partial charge >= 0.3 is 0 Å². The molecule has 1 atom stereocenters. The fraction of sp³-hybridized carbons (Fsp3) is 0.273. The second-order valence-corrected chi connectivity index (χ2v) is 8.24. The standard InChI is InChI=1S/C22H23Cl2N7O/c1-3-31(7-6-25)22(32)14-10-18-15(9-16(14)24)21(27-11-26-18)28-12(2)20-29-17-5-4-13(23)8-19(17)30-20/h4-5,8-12H,3,6-7,25H2,1-2H3,(H,29,30)(H,26,27,28). The molecule has 0 saturated heterocycles. The number of halogens is 2. The Morgan fingerprint density at radius 2 is 2.03 bits per heavy atom. The van der Waals surface area contributed by atoms with Crippen LogP contribution in [0, 0.1) is 0 Å². The number of hydrogen-bond donors (Lipinski definition) is 3. The first-order valence-corrected chi connectivity index (χ1v) is 11.0. The summed E-state index contributed by atoms with van der Waals surface area (Å²) in [4.78, 5) is 31.2. The van der Waals surface area contributed by atoms with Gasteiger partial charge < -0.3 is 20.9 Å². The maximum Gasteiger partial charge on any atom is 0.255 e. The van der Waals surface area contributed by atoms with E-state index in [1.807, 2.05) is 32.0 Å². The molecule has 0 aliphatic heterocycles. The third-order valence-corrected chi connectivity index (χ3v) is 5.80. The number of fused-ring (bicyclic) bond motifs is 2. The van der Waals surface area contributed by atoms with E-state index in [2.05, 4.69) is 25.3 Å². The predicted octanol–water partition coefficient (Wildman–Crippen LogP) is 4.41. The van der Waals surface area contributed by atoms with Crippen LogP contribution < -0.4 is 11.1 Å². The molecule has 4 aromatic rings. The molecule has 2 heterocycles. The fourth-order valence-corrected chi connectivity index (χ4v) is 3.97. The quantitative estimate of drug-likeness (QED) is 0.367. The minimum Gasteiger partial charge on any atom is -0.360 e. The SMILES string of the molecule is CCN(CCN)C(=O)c1cc2ncnc(NC(C)c3nc4cc(Cl)ccc4[nH]3)c2cc1Cl. The Morgan fingerprint density at radius 1 is 1.22 bits per heavy atom. The van der Waals surface area contributed by atoms with E-state index in [1.54, 1.807) is 17.0 Å². The largest absolute Gasteiger partial charge is 0.360 e. The Bertz CT molecular complexity index is 1290. The molecule has 1 unspecified atom stereocenters. The Hall–Kier alpha value is -2.94. The van der Waals surface area contributed by atoms with Crippen molar-refractivity contribution in [3.05, 3.63) is 58.1 Å². The maximum absolute atomic E-state index is 12.9. The van der Waals surface area contributed by atoms with E-state index in [0.717, 1.165) is 16.9 Å². The van der Waals surface area contributed by atoms with Gasteiger partial charge in [0.05, 0.1) is 33.2 Å². The molecule has 10 heteroatoms. The minimum absolute atomic E-state index is 0.174. The molecule has 4 rings (SSSR count). The molecule has 8 nitrogen and oxygen atoms in total. The van der Waals surface area contributed by atoms with E-state index in [-0.39, 0.29) is 11.9 Å². The number of likely N-dealkylation sites (N-methyl/N-ethyl adjacent to an activating group) is 1. The van der Waals surface area contributed by atoms with Crippen molar-refractivity contribution < 1.29 is 4.79 Å². The van der Waals surface area contributed by atoms with Crippen molar-refractivity contribution >= 4 is 56.9 Å². The van der Waals surface area contributed by atoms with Gasteiger partial charge in [-0.25, -0.2) is 15.0 Å². The number of benzene rings is 2. The number of aromatic nitrogens is 4. The van der Waals surface area contributed by atoms with Gasteiger partial charge in [0.1, 0.15) is 18.0 Å². The van der Waals surface area contributed by atoms with E-state index >= 15 is 0 Å². The summed E-state index contributed by atoms with van der Waals surface area (Å²) in [6.45, 7) is 5.26. The molecule has 32 heavy (non-hydrogen) atoms. The third-order valence-electron chi connectivity index (χ3n) is 5.25. The lowest BCUT2D eigenvalue weighted by Gasteiger charge is -2.21. The molecule has 0 aliphatic rings. The molecule has 0 aliphatic carbocycles. The molecule has 0 bridgehead atoms. The van der Waals surface area contributed by atoms with Crippen LogP contribution in [-0.2, 0) is 0 Å². The highest BCUT2D eigenvalue weighted by Gasteiger charge is 2.20. The summed E-state index contributed by atoms with van der Waals surface area (Å²) in [5.74, 6) is 1.16. The van der Waals surface area contributed by atoms with Crippen LogP contribution >= 0.6 is 23.2 Å². The molecule has 2 aromatic carbocycles. The summed E-state index contributed by atoms with van der Waals surface area (Å²) in [7, 11) is 0. The highest BCUT2D eigenvalue weighted by atomic mass is 35.5. The molecule has 2 aromatic heterocycles. The van der Waals surface area contributed by atoms with Crippen LogP contribution in [0.1, 0.15) is 36.1 Å². The summed E-state index contributed by atoms with van der Waals surface area (Å²) >= 11 is 12.6. The molecule has 1 amide bonds. The number of hydrogen-bond acceptors (Lipinski definition) is 6. The number of amides is 1. The zero-order valence-corrected chi connectivity index (χ0v) is 19.2. The normalized spacial score (nSPS) is 12.3. The van der Waals surface area contributed by atoms with Gasteiger partial charge in [0.2, 0.25) is 0 Å². The number of carbonyl (C=O) groups is 1. The second-order valence-electron chi connectivity index (χ2n) is 7.39. The van der Waals surface area contributed by atoms with Crippen molar-refractivity contribution in [1.29, 1.82) is 0 Å². The molecule has 4 N–H and O–H groups in total. The first-order valence-electron chi connectivity index (χ1n) is 10.3. The number of aromatic amines is 1. The number of H-pyrrole nitrogens is 1. The van der Waals surface area contributed by atoms with Crippen LogP contribution in [0.5, 0.6) is 0 Å². The number of carbonyl (C=O) groups excluding carboxylic acids is 1. The number of anilines is 1. The zero-order valence-electron chi connectivity index (χ0n) is 17.7. The maximum atomic E-state index is 12.9. The van der Waals surface area contributed by atoms with Gasteiger partial charge in [0.15, 0.2) is 0 Å². The lowest BCUT2D eigenvalue weighted by atomic mass is 10.1. The van der Waals surface area contributed by atoms with Crippen LogP contribution in [0.2, 0.25) is 10.0 Å². The zero-order chi connectivity index (χ0) is 22.8. The molecule has 0 spiro atoms. The number of nitrogens with one attached hydrogen (secondary N) is 2. The van der Waals surface area contributed by atoms with Gasteiger partial charge in [0, 0.05) is 30.0 Å². The van der Waals surface area contributed by atoms with Crippen LogP contribution in [0.4, 0.5) is 5.82 Å². The number of imidazole rings is 1. The summed E-state index contributed by atoms with van der Waals surface area (Å²) in [5.41, 5.74) is 8.32. The average Bonchev–Trinajstić information content (AvgIpc) is 3.20. The second kappa shape index (κ2) is 9.28. The van der Waals surface area contributed by atoms with Gasteiger partial charge in [-0.05, 0) is 44.2 Å². The highest BCUT2D eigenvalue weighted by Crippen LogP contribution is 2.30. The van der Waals surface area contributed by atoms with Crippen molar-refractivity contribution in [1.82, 2.24) is 24.8 Å². The van der Waals surface area contributed by atoms with Crippen LogP contribution in [0.25, 0.3) is 21.9 Å².